The number of methoxy groups -OCH3 is 1. The first-order valence-electron chi connectivity index (χ1n) is 15.1. The van der Waals surface area contributed by atoms with Gasteiger partial charge in [-0.15, -0.1) is 0 Å². The van der Waals surface area contributed by atoms with E-state index in [4.69, 9.17) is 16.3 Å². The predicted octanol–water partition coefficient (Wildman–Crippen LogP) is 4.71. The summed E-state index contributed by atoms with van der Waals surface area (Å²) in [4.78, 5) is 65.6. The minimum Gasteiger partial charge on any atom is -0.497 e. The lowest BCUT2D eigenvalue weighted by atomic mass is 9.94. The summed E-state index contributed by atoms with van der Waals surface area (Å²) in [5, 5.41) is 8.19. The van der Waals surface area contributed by atoms with E-state index in [0.717, 1.165) is 17.4 Å². The zero-order chi connectivity index (χ0) is 38.1. The fourth-order valence-corrected chi connectivity index (χ4v) is 4.88. The first-order chi connectivity index (χ1) is 23.8. The third kappa shape index (κ3) is 11.5. The van der Waals surface area contributed by atoms with Gasteiger partial charge in [-0.25, -0.2) is 4.39 Å². The van der Waals surface area contributed by atoms with Crippen molar-refractivity contribution in [2.45, 2.75) is 50.5 Å². The minimum atomic E-state index is -5.05. The van der Waals surface area contributed by atoms with Crippen molar-refractivity contribution in [1.82, 2.24) is 21.3 Å². The molecule has 0 radical (unpaired) electrons. The monoisotopic (exact) mass is 742 g/mol. The first kappa shape index (κ1) is 40.3. The average Bonchev–Trinajstić information content (AvgIpc) is 3.07. The van der Waals surface area contributed by atoms with E-state index in [1.807, 2.05) is 0 Å². The molecular formula is C34H33ClF6N4O6. The van der Waals surface area contributed by atoms with E-state index < -0.39 is 77.9 Å². The van der Waals surface area contributed by atoms with Crippen LogP contribution < -0.4 is 26.0 Å². The molecule has 10 nitrogen and oxygen atoms in total. The smallest absolute Gasteiger partial charge is 0.405 e. The summed E-state index contributed by atoms with van der Waals surface area (Å²) in [5.74, 6) is -14.2. The second kappa shape index (κ2) is 17.2. The maximum Gasteiger partial charge on any atom is 0.405 e. The summed E-state index contributed by atoms with van der Waals surface area (Å²) in [5.41, 5.74) is 0.364. The van der Waals surface area contributed by atoms with Gasteiger partial charge in [0.1, 0.15) is 30.2 Å². The van der Waals surface area contributed by atoms with E-state index in [9.17, 15) is 50.3 Å². The number of benzene rings is 3. The van der Waals surface area contributed by atoms with E-state index in [2.05, 4.69) is 16.0 Å². The Bertz CT molecular complexity index is 1740. The number of halogens is 7. The van der Waals surface area contributed by atoms with Crippen molar-refractivity contribution in [1.29, 1.82) is 0 Å². The molecule has 0 saturated carbocycles. The molecule has 51 heavy (non-hydrogen) atoms. The molecule has 3 rings (SSSR count). The molecule has 0 aliphatic carbocycles. The van der Waals surface area contributed by atoms with Crippen LogP contribution in [0, 0.1) is 11.7 Å². The van der Waals surface area contributed by atoms with Crippen LogP contribution in [0.15, 0.2) is 72.8 Å². The van der Waals surface area contributed by atoms with Crippen LogP contribution in [-0.2, 0) is 25.6 Å². The van der Waals surface area contributed by atoms with Crippen molar-refractivity contribution < 1.29 is 55.1 Å². The molecule has 4 amide bonds. The number of hydrogen-bond donors (Lipinski definition) is 4. The van der Waals surface area contributed by atoms with E-state index in [0.29, 0.717) is 5.75 Å². The molecule has 274 valence electrons. The van der Waals surface area contributed by atoms with Crippen LogP contribution in [0.2, 0.25) is 5.02 Å². The number of carbonyl (C=O) groups is 5. The number of amides is 4. The zero-order valence-electron chi connectivity index (χ0n) is 27.2. The molecule has 0 unspecified atom stereocenters. The molecule has 3 aromatic rings. The van der Waals surface area contributed by atoms with Gasteiger partial charge in [0.25, 0.3) is 11.8 Å². The fraction of sp³-hybridized carbons (Fsp3) is 0.324. The lowest BCUT2D eigenvalue weighted by Crippen LogP contribution is -2.58. The van der Waals surface area contributed by atoms with E-state index in [1.165, 1.54) is 81.6 Å². The van der Waals surface area contributed by atoms with Crippen LogP contribution in [0.3, 0.4) is 0 Å². The fourth-order valence-electron chi connectivity index (χ4n) is 4.69. The average molecular weight is 743 g/mol. The highest BCUT2D eigenvalue weighted by Gasteiger charge is 2.52. The van der Waals surface area contributed by atoms with Crippen LogP contribution >= 0.6 is 11.6 Å². The number of ether oxygens (including phenoxy) is 1. The number of Topliss-reactive ketones (excluding diaryl/α,β-unsaturated/α-hetero) is 1. The van der Waals surface area contributed by atoms with Gasteiger partial charge in [0, 0.05) is 17.0 Å². The summed E-state index contributed by atoms with van der Waals surface area (Å²) in [6.45, 7) is 0.325. The third-order valence-electron chi connectivity index (χ3n) is 7.33. The second-order valence-corrected chi connectivity index (χ2v) is 12.0. The van der Waals surface area contributed by atoms with Crippen molar-refractivity contribution in [3.8, 4) is 5.75 Å². The number of hydrogen-bond acceptors (Lipinski definition) is 6. The second-order valence-electron chi connectivity index (χ2n) is 11.6. The predicted molar refractivity (Wildman–Crippen MR) is 172 cm³/mol. The van der Waals surface area contributed by atoms with Crippen LogP contribution in [0.4, 0.5) is 26.3 Å². The molecule has 0 spiro atoms. The van der Waals surface area contributed by atoms with Gasteiger partial charge < -0.3 is 26.0 Å². The maximum absolute atomic E-state index is 14.9. The summed E-state index contributed by atoms with van der Waals surface area (Å²) in [6, 6.07) is 11.0. The molecule has 3 atom stereocenters. The van der Waals surface area contributed by atoms with E-state index in [1.54, 1.807) is 0 Å². The van der Waals surface area contributed by atoms with Gasteiger partial charge in [-0.05, 0) is 59.5 Å². The lowest BCUT2D eigenvalue weighted by Gasteiger charge is -2.28. The normalized spacial score (nSPS) is 13.4. The van der Waals surface area contributed by atoms with Crippen LogP contribution in [0.1, 0.15) is 41.4 Å². The van der Waals surface area contributed by atoms with Crippen molar-refractivity contribution in [2.75, 3.05) is 13.7 Å². The number of rotatable bonds is 15. The molecule has 0 fully saturated rings. The highest BCUT2D eigenvalue weighted by atomic mass is 35.5. The Balaban J connectivity index is 1.97. The SMILES string of the molecule is COc1ccc([C@H](NC(=O)[C@H](Cc2cccc(F)c2)NC(=O)c2cccc(Cl)c2)C(=O)N[C@H](C(=O)C(F)(F)C(=O)NCC(F)(F)F)C(C)C)cc1. The highest BCUT2D eigenvalue weighted by Crippen LogP contribution is 2.24. The molecular weight excluding hydrogens is 710 g/mol. The van der Waals surface area contributed by atoms with Gasteiger partial charge in [-0.3, -0.25) is 24.0 Å². The molecule has 17 heteroatoms. The van der Waals surface area contributed by atoms with Crippen molar-refractivity contribution in [3.05, 3.63) is 100 Å². The van der Waals surface area contributed by atoms with Crippen molar-refractivity contribution in [3.63, 3.8) is 0 Å². The van der Waals surface area contributed by atoms with Gasteiger partial charge in [0.2, 0.25) is 17.6 Å². The summed E-state index contributed by atoms with van der Waals surface area (Å²) in [7, 11) is 1.35. The summed E-state index contributed by atoms with van der Waals surface area (Å²) >= 11 is 6.00. The Morgan fingerprint density at radius 1 is 0.824 bits per heavy atom. The molecule has 0 bridgehead atoms. The summed E-state index contributed by atoms with van der Waals surface area (Å²) in [6.07, 6.45) is -5.34. The number of carbonyl (C=O) groups excluding carboxylic acids is 5. The Morgan fingerprint density at radius 2 is 1.47 bits per heavy atom. The van der Waals surface area contributed by atoms with Crippen LogP contribution in [0.5, 0.6) is 5.75 Å². The Kier molecular flexibility index (Phi) is 13.6. The quantitative estimate of drug-likeness (QED) is 0.131. The third-order valence-corrected chi connectivity index (χ3v) is 7.56. The van der Waals surface area contributed by atoms with Crippen molar-refractivity contribution in [2.24, 2.45) is 5.92 Å². The maximum atomic E-state index is 14.9. The van der Waals surface area contributed by atoms with E-state index >= 15 is 0 Å². The topological polar surface area (TPSA) is 143 Å². The lowest BCUT2D eigenvalue weighted by molar-refractivity contribution is -0.165. The standard InChI is InChI=1S/C34H33ClF6N4O6/c1-18(2)26(28(46)34(40,41)32(50)42-17-33(37,38)39)44-31(49)27(20-10-12-24(51-3)13-11-20)45-30(48)25(15-19-6-4-9-23(36)14-19)43-29(47)21-7-5-8-22(35)16-21/h4-14,16,18,25-27H,15,17H2,1-3H3,(H,42,50)(H,43,47)(H,44,49)(H,45,48)/t25-,26-,27-/m0/s1. The van der Waals surface area contributed by atoms with Gasteiger partial charge in [-0.1, -0.05) is 55.8 Å². The first-order valence-corrected chi connectivity index (χ1v) is 15.5. The largest absolute Gasteiger partial charge is 0.497 e. The summed E-state index contributed by atoms with van der Waals surface area (Å²) < 4.78 is 86.5. The molecule has 3 aromatic carbocycles. The Morgan fingerprint density at radius 3 is 2.04 bits per heavy atom. The number of alkyl halides is 5. The number of ketones is 1. The molecule has 0 aliphatic rings. The zero-order valence-corrected chi connectivity index (χ0v) is 28.0. The molecule has 0 aromatic heterocycles. The van der Waals surface area contributed by atoms with E-state index in [-0.39, 0.29) is 28.1 Å². The van der Waals surface area contributed by atoms with Gasteiger partial charge in [0.05, 0.1) is 13.2 Å². The molecule has 4 N–H and O–H groups in total. The number of nitrogens with one attached hydrogen (secondary N) is 4. The highest BCUT2D eigenvalue weighted by molar-refractivity contribution is 6.31. The van der Waals surface area contributed by atoms with Crippen molar-refractivity contribution >= 4 is 41.0 Å². The Hall–Kier alpha value is -5.12. The van der Waals surface area contributed by atoms with Gasteiger partial charge in [-0.2, -0.15) is 22.0 Å². The van der Waals surface area contributed by atoms with Crippen LogP contribution in [0.25, 0.3) is 0 Å². The molecule has 0 heterocycles. The molecule has 0 aliphatic heterocycles. The van der Waals surface area contributed by atoms with Gasteiger partial charge >= 0.3 is 12.1 Å². The Labute approximate surface area is 293 Å². The molecule has 0 saturated heterocycles. The minimum absolute atomic E-state index is 0.0389. The van der Waals surface area contributed by atoms with Crippen LogP contribution in [-0.4, -0.2) is 67.2 Å². The van der Waals surface area contributed by atoms with Gasteiger partial charge in [0.15, 0.2) is 0 Å².